The fraction of sp³-hybridized carbons (Fsp3) is 0.167. The van der Waals surface area contributed by atoms with Gasteiger partial charge in [0.2, 0.25) is 0 Å². The molecule has 118 valence electrons. The lowest BCUT2D eigenvalue weighted by atomic mass is 9.96. The van der Waals surface area contributed by atoms with Crippen molar-refractivity contribution in [2.75, 3.05) is 0 Å². The molecule has 2 N–H and O–H groups in total. The zero-order valence-electron chi connectivity index (χ0n) is 12.7. The number of aliphatic hydroxyl groups is 1. The summed E-state index contributed by atoms with van der Waals surface area (Å²) in [5.74, 6) is -0.342. The van der Waals surface area contributed by atoms with Crippen molar-refractivity contribution in [3.63, 3.8) is 0 Å². The largest absolute Gasteiger partial charge is 0.509 e. The quantitative estimate of drug-likeness (QED) is 0.816. The Bertz CT molecular complexity index is 841. The Balaban J connectivity index is 2.16. The van der Waals surface area contributed by atoms with E-state index in [0.29, 0.717) is 15.6 Å². The van der Waals surface area contributed by atoms with E-state index < -0.39 is 5.54 Å². The van der Waals surface area contributed by atoms with Gasteiger partial charge in [0, 0.05) is 15.6 Å². The molecule has 3 nitrogen and oxygen atoms in total. The lowest BCUT2D eigenvalue weighted by Gasteiger charge is -2.17. The van der Waals surface area contributed by atoms with Gasteiger partial charge in [0.1, 0.15) is 5.76 Å². The summed E-state index contributed by atoms with van der Waals surface area (Å²) in [6, 6.07) is 12.8. The van der Waals surface area contributed by atoms with Gasteiger partial charge in [-0.05, 0) is 49.2 Å². The fourth-order valence-electron chi connectivity index (χ4n) is 2.64. The Morgan fingerprint density at radius 2 is 1.74 bits per heavy atom. The maximum Gasteiger partial charge on any atom is 0.256 e. The van der Waals surface area contributed by atoms with Crippen molar-refractivity contribution in [3.8, 4) is 11.1 Å². The molecule has 1 amide bonds. The van der Waals surface area contributed by atoms with Gasteiger partial charge in [-0.3, -0.25) is 4.79 Å². The molecule has 1 aliphatic heterocycles. The topological polar surface area (TPSA) is 49.3 Å². The smallest absolute Gasteiger partial charge is 0.256 e. The Morgan fingerprint density at radius 1 is 1.04 bits per heavy atom. The van der Waals surface area contributed by atoms with E-state index in [1.807, 2.05) is 24.3 Å². The molecule has 5 heteroatoms. The van der Waals surface area contributed by atoms with E-state index in [0.717, 1.165) is 11.1 Å². The van der Waals surface area contributed by atoms with Crippen LogP contribution >= 0.6 is 23.2 Å². The number of carbonyl (C=O) groups is 1. The highest BCUT2D eigenvalue weighted by Gasteiger charge is 2.39. The summed E-state index contributed by atoms with van der Waals surface area (Å²) in [6.45, 7) is 3.48. The minimum absolute atomic E-state index is 0.00681. The first-order valence-electron chi connectivity index (χ1n) is 7.12. The summed E-state index contributed by atoms with van der Waals surface area (Å²) in [6.07, 6.45) is 0. The van der Waals surface area contributed by atoms with E-state index in [2.05, 4.69) is 5.32 Å². The Hall–Kier alpha value is -1.97. The van der Waals surface area contributed by atoms with E-state index in [4.69, 9.17) is 23.2 Å². The lowest BCUT2D eigenvalue weighted by Crippen LogP contribution is -2.38. The number of aliphatic hydroxyl groups excluding tert-OH is 1. The average Bonchev–Trinajstić information content (AvgIpc) is 2.68. The van der Waals surface area contributed by atoms with Gasteiger partial charge in [0.05, 0.1) is 11.1 Å². The average molecular weight is 348 g/mol. The first kappa shape index (κ1) is 15.9. The number of rotatable bonds is 2. The monoisotopic (exact) mass is 347 g/mol. The van der Waals surface area contributed by atoms with Crippen LogP contribution in [0.1, 0.15) is 19.4 Å². The van der Waals surface area contributed by atoms with Crippen LogP contribution in [0.4, 0.5) is 0 Å². The van der Waals surface area contributed by atoms with Gasteiger partial charge in [0.15, 0.2) is 0 Å². The Labute approximate surface area is 144 Å². The van der Waals surface area contributed by atoms with Crippen LogP contribution in [-0.4, -0.2) is 16.6 Å². The Morgan fingerprint density at radius 3 is 2.35 bits per heavy atom. The number of carbonyl (C=O) groups excluding carboxylic acids is 1. The highest BCUT2D eigenvalue weighted by atomic mass is 35.5. The summed E-state index contributed by atoms with van der Waals surface area (Å²) in [7, 11) is 0. The first-order chi connectivity index (χ1) is 10.8. The van der Waals surface area contributed by atoms with Crippen LogP contribution in [0.5, 0.6) is 0 Å². The van der Waals surface area contributed by atoms with Gasteiger partial charge >= 0.3 is 0 Å². The third-order valence-corrected chi connectivity index (χ3v) is 4.44. The molecule has 0 radical (unpaired) electrons. The van der Waals surface area contributed by atoms with Gasteiger partial charge in [0.25, 0.3) is 5.91 Å². The molecule has 3 rings (SSSR count). The normalized spacial score (nSPS) is 16.6. The molecule has 0 unspecified atom stereocenters. The van der Waals surface area contributed by atoms with E-state index in [1.165, 1.54) is 0 Å². The van der Waals surface area contributed by atoms with Gasteiger partial charge in [-0.25, -0.2) is 0 Å². The van der Waals surface area contributed by atoms with Crippen LogP contribution in [0.3, 0.4) is 0 Å². The van der Waals surface area contributed by atoms with Crippen molar-refractivity contribution >= 4 is 34.7 Å². The maximum atomic E-state index is 12.2. The second kappa shape index (κ2) is 5.59. The van der Waals surface area contributed by atoms with Crippen LogP contribution in [0, 0.1) is 0 Å². The van der Waals surface area contributed by atoms with Gasteiger partial charge in [-0.15, -0.1) is 0 Å². The van der Waals surface area contributed by atoms with Crippen LogP contribution in [0.25, 0.3) is 16.7 Å². The van der Waals surface area contributed by atoms with Crippen molar-refractivity contribution in [1.29, 1.82) is 0 Å². The molecule has 0 aromatic heterocycles. The summed E-state index contributed by atoms with van der Waals surface area (Å²) in [5.41, 5.74) is 1.69. The second-order valence-corrected chi connectivity index (χ2v) is 6.85. The number of hydrogen-bond acceptors (Lipinski definition) is 2. The number of benzene rings is 2. The van der Waals surface area contributed by atoms with Crippen molar-refractivity contribution in [2.24, 2.45) is 0 Å². The van der Waals surface area contributed by atoms with E-state index >= 15 is 0 Å². The molecular formula is C18H15Cl2NO2. The van der Waals surface area contributed by atoms with E-state index in [1.54, 1.807) is 32.0 Å². The van der Waals surface area contributed by atoms with Crippen molar-refractivity contribution in [2.45, 2.75) is 19.4 Å². The van der Waals surface area contributed by atoms with Gasteiger partial charge < -0.3 is 10.4 Å². The molecule has 1 aliphatic rings. The standard InChI is InChI=1S/C18H15Cl2NO2/c1-18(2)16(22)15(17(23)21-18)13-9-11(6-7-14(13)20)10-4-3-5-12(19)8-10/h3-9,22H,1-2H3,(H,21,23). The van der Waals surface area contributed by atoms with Crippen LogP contribution in [0.15, 0.2) is 48.2 Å². The molecular weight excluding hydrogens is 333 g/mol. The van der Waals surface area contributed by atoms with Gasteiger partial charge in [-0.2, -0.15) is 0 Å². The summed E-state index contributed by atoms with van der Waals surface area (Å²) >= 11 is 12.3. The zero-order valence-corrected chi connectivity index (χ0v) is 14.2. The molecule has 23 heavy (non-hydrogen) atoms. The first-order valence-corrected chi connectivity index (χ1v) is 7.87. The van der Waals surface area contributed by atoms with E-state index in [9.17, 15) is 9.90 Å². The fourth-order valence-corrected chi connectivity index (χ4v) is 3.04. The number of amides is 1. The molecule has 0 saturated heterocycles. The predicted molar refractivity (Wildman–Crippen MR) is 93.7 cm³/mol. The minimum atomic E-state index is -0.804. The van der Waals surface area contributed by atoms with Crippen molar-refractivity contribution in [3.05, 3.63) is 63.8 Å². The van der Waals surface area contributed by atoms with E-state index in [-0.39, 0.29) is 17.2 Å². The highest BCUT2D eigenvalue weighted by Crippen LogP contribution is 2.37. The maximum absolute atomic E-state index is 12.2. The molecule has 0 saturated carbocycles. The van der Waals surface area contributed by atoms with Crippen molar-refractivity contribution in [1.82, 2.24) is 5.32 Å². The second-order valence-electron chi connectivity index (χ2n) is 6.01. The molecule has 2 aromatic rings. The summed E-state index contributed by atoms with van der Waals surface area (Å²) < 4.78 is 0. The number of halogens is 2. The van der Waals surface area contributed by atoms with Crippen LogP contribution in [-0.2, 0) is 4.79 Å². The van der Waals surface area contributed by atoms with Gasteiger partial charge in [-0.1, -0.05) is 41.4 Å². The third-order valence-electron chi connectivity index (χ3n) is 3.88. The molecule has 0 bridgehead atoms. The minimum Gasteiger partial charge on any atom is -0.509 e. The van der Waals surface area contributed by atoms with Crippen LogP contribution in [0.2, 0.25) is 10.0 Å². The molecule has 0 spiro atoms. The summed E-state index contributed by atoms with van der Waals surface area (Å²) in [5, 5.41) is 14.2. The number of nitrogens with one attached hydrogen (secondary N) is 1. The molecule has 1 heterocycles. The number of hydrogen-bond donors (Lipinski definition) is 2. The lowest BCUT2D eigenvalue weighted by molar-refractivity contribution is -0.115. The zero-order chi connectivity index (χ0) is 16.8. The third kappa shape index (κ3) is 2.82. The molecule has 0 aliphatic carbocycles. The highest BCUT2D eigenvalue weighted by molar-refractivity contribution is 6.36. The van der Waals surface area contributed by atoms with Crippen molar-refractivity contribution < 1.29 is 9.90 Å². The summed E-state index contributed by atoms with van der Waals surface area (Å²) in [4.78, 5) is 12.2. The molecule has 0 atom stereocenters. The Kier molecular flexibility index (Phi) is 3.86. The van der Waals surface area contributed by atoms with Crippen LogP contribution < -0.4 is 5.32 Å². The molecule has 0 fully saturated rings. The SMILES string of the molecule is CC1(C)NC(=O)C(c2cc(-c3cccc(Cl)c3)ccc2Cl)=C1O. The molecule has 2 aromatic carbocycles. The predicted octanol–water partition coefficient (Wildman–Crippen LogP) is 4.84.